The van der Waals surface area contributed by atoms with E-state index < -0.39 is 0 Å². The van der Waals surface area contributed by atoms with Crippen molar-refractivity contribution in [2.24, 2.45) is 11.8 Å². The molecule has 2 heteroatoms. The highest BCUT2D eigenvalue weighted by Gasteiger charge is 2.23. The summed E-state index contributed by atoms with van der Waals surface area (Å²) >= 11 is 0. The zero-order valence-corrected chi connectivity index (χ0v) is 22.3. The molecule has 2 aromatic carbocycles. The summed E-state index contributed by atoms with van der Waals surface area (Å²) in [5.74, 6) is 2.76. The number of hydrogen-bond acceptors (Lipinski definition) is 2. The Bertz CT molecular complexity index is 884. The first-order valence-electron chi connectivity index (χ1n) is 12.7. The second kappa shape index (κ2) is 13.8. The van der Waals surface area contributed by atoms with Crippen molar-refractivity contribution in [2.45, 2.75) is 58.8 Å². The Morgan fingerprint density at radius 2 is 1.06 bits per heavy atom. The smallest absolute Gasteiger partial charge is 0.119 e. The third-order valence-electron chi connectivity index (χ3n) is 6.71. The first kappa shape index (κ1) is 28.2. The number of allylic oxidation sites excluding steroid dienone is 4. The maximum atomic E-state index is 6.02. The maximum absolute atomic E-state index is 6.02. The topological polar surface area (TPSA) is 18.5 Å². The highest BCUT2D eigenvalue weighted by molar-refractivity contribution is 5.41. The van der Waals surface area contributed by atoms with Crippen molar-refractivity contribution in [1.29, 1.82) is 0 Å². The van der Waals surface area contributed by atoms with E-state index in [1.165, 1.54) is 11.1 Å². The van der Waals surface area contributed by atoms with Crippen molar-refractivity contribution in [3.05, 3.63) is 109 Å². The first-order valence-corrected chi connectivity index (χ1v) is 12.7. The standard InChI is InChI=1S/C33H44O2/c1-9-25(3)11-13-27(5)23-34-31-19-15-29(16-20-31)33(7,8)30-17-21-32(22-18-30)35-24-28(6)14-12-26(4)10-2/h9-10,15-22,27-28H,1-4,11-14,23-24H2,5-8H3. The van der Waals surface area contributed by atoms with Crippen LogP contribution in [0, 0.1) is 11.8 Å². The van der Waals surface area contributed by atoms with Gasteiger partial charge in [-0.3, -0.25) is 0 Å². The lowest BCUT2D eigenvalue weighted by molar-refractivity contribution is 0.252. The summed E-state index contributed by atoms with van der Waals surface area (Å²) in [6.07, 6.45) is 7.71. The third-order valence-corrected chi connectivity index (χ3v) is 6.71. The van der Waals surface area contributed by atoms with E-state index in [0.717, 1.165) is 48.3 Å². The molecule has 188 valence electrons. The molecule has 0 N–H and O–H groups in total. The second-order valence-corrected chi connectivity index (χ2v) is 10.3. The van der Waals surface area contributed by atoms with E-state index in [0.29, 0.717) is 25.0 Å². The van der Waals surface area contributed by atoms with Gasteiger partial charge in [-0.15, -0.1) is 0 Å². The second-order valence-electron chi connectivity index (χ2n) is 10.3. The minimum absolute atomic E-state index is 0.117. The molecule has 0 radical (unpaired) electrons. The number of ether oxygens (including phenoxy) is 2. The van der Waals surface area contributed by atoms with Crippen LogP contribution >= 0.6 is 0 Å². The van der Waals surface area contributed by atoms with Gasteiger partial charge in [-0.25, -0.2) is 0 Å². The van der Waals surface area contributed by atoms with Gasteiger partial charge >= 0.3 is 0 Å². The van der Waals surface area contributed by atoms with E-state index in [9.17, 15) is 0 Å². The largest absolute Gasteiger partial charge is 0.493 e. The van der Waals surface area contributed by atoms with Crippen molar-refractivity contribution in [3.63, 3.8) is 0 Å². The Kier molecular flexibility index (Phi) is 11.1. The van der Waals surface area contributed by atoms with Gasteiger partial charge in [0.25, 0.3) is 0 Å². The van der Waals surface area contributed by atoms with Crippen LogP contribution in [0.1, 0.15) is 64.5 Å². The molecule has 0 aliphatic carbocycles. The molecule has 0 spiro atoms. The molecule has 35 heavy (non-hydrogen) atoms. The molecule has 0 aromatic heterocycles. The molecule has 0 saturated carbocycles. The van der Waals surface area contributed by atoms with Crippen molar-refractivity contribution < 1.29 is 9.47 Å². The predicted octanol–water partition coefficient (Wildman–Crippen LogP) is 9.09. The SMILES string of the molecule is C=CC(=C)CCC(C)COc1ccc(C(C)(C)c2ccc(OCC(C)CCC(=C)C=C)cc2)cc1. The van der Waals surface area contributed by atoms with Gasteiger partial charge in [0.1, 0.15) is 11.5 Å². The molecular formula is C33H44O2. The van der Waals surface area contributed by atoms with E-state index in [4.69, 9.17) is 9.47 Å². The molecule has 0 heterocycles. The average Bonchev–Trinajstić information content (AvgIpc) is 2.88. The highest BCUT2D eigenvalue weighted by Crippen LogP contribution is 2.33. The van der Waals surface area contributed by atoms with E-state index in [1.807, 2.05) is 12.2 Å². The Hall–Kier alpha value is -3.00. The molecule has 2 rings (SSSR count). The minimum Gasteiger partial charge on any atom is -0.493 e. The lowest BCUT2D eigenvalue weighted by Gasteiger charge is -2.26. The van der Waals surface area contributed by atoms with Crippen molar-refractivity contribution >= 4 is 0 Å². The molecule has 0 saturated heterocycles. The lowest BCUT2D eigenvalue weighted by Crippen LogP contribution is -2.19. The van der Waals surface area contributed by atoms with Gasteiger partial charge in [-0.1, -0.05) is 102 Å². The zero-order chi connectivity index (χ0) is 25.8. The Morgan fingerprint density at radius 1 is 0.714 bits per heavy atom. The summed E-state index contributed by atoms with van der Waals surface area (Å²) in [7, 11) is 0. The normalized spacial score (nSPS) is 12.9. The van der Waals surface area contributed by atoms with Crippen LogP contribution in [0.25, 0.3) is 0 Å². The van der Waals surface area contributed by atoms with E-state index in [2.05, 4.69) is 103 Å². The maximum Gasteiger partial charge on any atom is 0.119 e. The summed E-state index contributed by atoms with van der Waals surface area (Å²) in [5, 5.41) is 0. The average molecular weight is 473 g/mol. The molecule has 0 aliphatic heterocycles. The Labute approximate surface area is 214 Å². The Morgan fingerprint density at radius 3 is 1.37 bits per heavy atom. The fourth-order valence-electron chi connectivity index (χ4n) is 3.81. The van der Waals surface area contributed by atoms with E-state index in [1.54, 1.807) is 0 Å². The lowest BCUT2D eigenvalue weighted by atomic mass is 9.78. The van der Waals surface area contributed by atoms with E-state index >= 15 is 0 Å². The van der Waals surface area contributed by atoms with Gasteiger partial charge in [0.2, 0.25) is 0 Å². The summed E-state index contributed by atoms with van der Waals surface area (Å²) in [5.41, 5.74) is 4.56. The van der Waals surface area contributed by atoms with Gasteiger partial charge in [0.05, 0.1) is 13.2 Å². The van der Waals surface area contributed by atoms with E-state index in [-0.39, 0.29) is 5.41 Å². The molecule has 0 amide bonds. The van der Waals surface area contributed by atoms with Crippen molar-refractivity contribution in [2.75, 3.05) is 13.2 Å². The highest BCUT2D eigenvalue weighted by atomic mass is 16.5. The first-order chi connectivity index (χ1) is 16.6. The van der Waals surface area contributed by atoms with Gasteiger partial charge < -0.3 is 9.47 Å². The summed E-state index contributed by atoms with van der Waals surface area (Å²) < 4.78 is 12.0. The van der Waals surface area contributed by atoms with Gasteiger partial charge in [0, 0.05) is 5.41 Å². The molecule has 2 atom stereocenters. The van der Waals surface area contributed by atoms with Crippen LogP contribution in [0.5, 0.6) is 11.5 Å². The molecule has 2 unspecified atom stereocenters. The van der Waals surface area contributed by atoms with Gasteiger partial charge in [-0.2, -0.15) is 0 Å². The van der Waals surface area contributed by atoms with Gasteiger partial charge in [-0.05, 0) is 72.9 Å². The number of benzene rings is 2. The fourth-order valence-corrected chi connectivity index (χ4v) is 3.81. The molecular weight excluding hydrogens is 428 g/mol. The number of rotatable bonds is 16. The van der Waals surface area contributed by atoms with Crippen LogP contribution < -0.4 is 9.47 Å². The summed E-state index contributed by atoms with van der Waals surface area (Å²) in [6.45, 7) is 25.8. The molecule has 0 aliphatic rings. The zero-order valence-electron chi connectivity index (χ0n) is 22.3. The molecule has 0 bridgehead atoms. The predicted molar refractivity (Wildman–Crippen MR) is 151 cm³/mol. The quantitative estimate of drug-likeness (QED) is 0.227. The van der Waals surface area contributed by atoms with Crippen LogP contribution in [-0.2, 0) is 5.41 Å². The van der Waals surface area contributed by atoms with Crippen molar-refractivity contribution in [3.8, 4) is 11.5 Å². The molecule has 0 fully saturated rings. The fraction of sp³-hybridized carbons (Fsp3) is 0.394. The van der Waals surface area contributed by atoms with Crippen LogP contribution in [0.2, 0.25) is 0 Å². The van der Waals surface area contributed by atoms with Crippen LogP contribution in [0.4, 0.5) is 0 Å². The molecule has 2 aromatic rings. The van der Waals surface area contributed by atoms with Gasteiger partial charge in [0.15, 0.2) is 0 Å². The van der Waals surface area contributed by atoms with Crippen molar-refractivity contribution in [1.82, 2.24) is 0 Å². The monoisotopic (exact) mass is 472 g/mol. The van der Waals surface area contributed by atoms with Crippen LogP contribution in [0.15, 0.2) is 98.1 Å². The van der Waals surface area contributed by atoms with Crippen LogP contribution in [0.3, 0.4) is 0 Å². The summed E-state index contributed by atoms with van der Waals surface area (Å²) in [6, 6.07) is 17.0. The summed E-state index contributed by atoms with van der Waals surface area (Å²) in [4.78, 5) is 0. The molecule has 2 nitrogen and oxygen atoms in total. The van der Waals surface area contributed by atoms with Crippen LogP contribution in [-0.4, -0.2) is 13.2 Å². The third kappa shape index (κ3) is 9.28. The Balaban J connectivity index is 1.89. The number of hydrogen-bond donors (Lipinski definition) is 0. The minimum atomic E-state index is -0.117.